The van der Waals surface area contributed by atoms with Crippen molar-refractivity contribution in [3.63, 3.8) is 0 Å². The van der Waals surface area contributed by atoms with E-state index >= 15 is 0 Å². The first kappa shape index (κ1) is 23.8. The van der Waals surface area contributed by atoms with Crippen LogP contribution >= 0.6 is 0 Å². The molecule has 0 aliphatic rings. The van der Waals surface area contributed by atoms with Gasteiger partial charge < -0.3 is 20.2 Å². The lowest BCUT2D eigenvalue weighted by molar-refractivity contribution is -0.111. The Kier molecular flexibility index (Phi) is 6.73. The van der Waals surface area contributed by atoms with E-state index in [2.05, 4.69) is 37.4 Å². The molecule has 0 spiro atoms. The third-order valence-corrected chi connectivity index (χ3v) is 5.86. The number of anilines is 1. The van der Waals surface area contributed by atoms with Crippen LogP contribution in [0, 0.1) is 13.8 Å². The van der Waals surface area contributed by atoms with Gasteiger partial charge in [0.05, 0.1) is 12.9 Å². The lowest BCUT2D eigenvalue weighted by Crippen LogP contribution is -2.12. The Morgan fingerprint density at radius 3 is 2.43 bits per heavy atom. The smallest absolute Gasteiger partial charge is 0.248 e. The predicted octanol–water partition coefficient (Wildman–Crippen LogP) is 6.26. The molecule has 0 bridgehead atoms. The number of hydrogen-bond acceptors (Lipinski definition) is 4. The second-order valence-corrected chi connectivity index (χ2v) is 8.50. The molecule has 4 rings (SSSR count). The Balaban J connectivity index is 1.70. The highest BCUT2D eigenvalue weighted by atomic mass is 16.5. The van der Waals surface area contributed by atoms with Crippen molar-refractivity contribution in [1.29, 1.82) is 0 Å². The van der Waals surface area contributed by atoms with E-state index in [0.717, 1.165) is 38.8 Å². The number of fused-ring (bicyclic) bond motifs is 1. The fourth-order valence-corrected chi connectivity index (χ4v) is 4.13. The van der Waals surface area contributed by atoms with Crippen molar-refractivity contribution in [3.8, 4) is 16.9 Å². The van der Waals surface area contributed by atoms with Crippen LogP contribution in [0.25, 0.3) is 27.7 Å². The average Bonchev–Trinajstić information content (AvgIpc) is 3.21. The standard InChI is InChI=1S/C29H28N2O4/c1-5-34-26-15-27-24(25(16-35-27)22-11-6-17(2)12-18(22)3)14-23(26)19(4)13-28(32)31-21-9-7-20(8-10-21)29(30)33/h6-16H,5H2,1-4H3,(H2,30,33)(H,31,32)/b19-13+. The van der Waals surface area contributed by atoms with Crippen molar-refractivity contribution in [2.24, 2.45) is 5.73 Å². The summed E-state index contributed by atoms with van der Waals surface area (Å²) in [6.07, 6.45) is 3.30. The Morgan fingerprint density at radius 2 is 1.77 bits per heavy atom. The SMILES string of the molecule is CCOc1cc2occ(-c3ccc(C)cc3C)c2cc1/C(C)=C/C(=O)Nc1ccc(C(N)=O)cc1. The second-order valence-electron chi connectivity index (χ2n) is 8.50. The number of aryl methyl sites for hydroxylation is 2. The van der Waals surface area contributed by atoms with Crippen LogP contribution < -0.4 is 15.8 Å². The van der Waals surface area contributed by atoms with Gasteiger partial charge in [-0.2, -0.15) is 0 Å². The number of nitrogens with one attached hydrogen (secondary N) is 1. The summed E-state index contributed by atoms with van der Waals surface area (Å²) in [5.74, 6) is -0.163. The molecular weight excluding hydrogens is 440 g/mol. The number of ether oxygens (including phenoxy) is 1. The molecular formula is C29H28N2O4. The second kappa shape index (κ2) is 9.89. The first-order chi connectivity index (χ1) is 16.8. The Bertz CT molecular complexity index is 1450. The molecule has 6 nitrogen and oxygen atoms in total. The number of furan rings is 1. The minimum atomic E-state index is -0.517. The van der Waals surface area contributed by atoms with Gasteiger partial charge in [0.2, 0.25) is 11.8 Å². The van der Waals surface area contributed by atoms with Gasteiger partial charge in [0.25, 0.3) is 0 Å². The maximum Gasteiger partial charge on any atom is 0.248 e. The summed E-state index contributed by atoms with van der Waals surface area (Å²) in [5, 5.41) is 3.77. The summed E-state index contributed by atoms with van der Waals surface area (Å²) in [5.41, 5.74) is 13.0. The zero-order chi connectivity index (χ0) is 25.1. The minimum absolute atomic E-state index is 0.293. The highest BCUT2D eigenvalue weighted by Gasteiger charge is 2.16. The maximum absolute atomic E-state index is 12.7. The molecule has 2 amide bonds. The van der Waals surface area contributed by atoms with Crippen molar-refractivity contribution in [3.05, 3.63) is 89.2 Å². The number of primary amides is 1. The van der Waals surface area contributed by atoms with Crippen LogP contribution in [-0.2, 0) is 4.79 Å². The molecule has 3 aromatic carbocycles. The number of amides is 2. The number of rotatable bonds is 7. The van der Waals surface area contributed by atoms with Gasteiger partial charge in [0.1, 0.15) is 11.3 Å². The van der Waals surface area contributed by atoms with Gasteiger partial charge in [-0.1, -0.05) is 23.8 Å². The van der Waals surface area contributed by atoms with Crippen LogP contribution in [0.15, 0.2) is 71.4 Å². The highest BCUT2D eigenvalue weighted by Crippen LogP contribution is 2.38. The Morgan fingerprint density at radius 1 is 1.03 bits per heavy atom. The number of nitrogens with two attached hydrogens (primary N) is 1. The third kappa shape index (κ3) is 5.11. The van der Waals surface area contributed by atoms with Crippen molar-refractivity contribution >= 4 is 34.0 Å². The Hall–Kier alpha value is -4.32. The molecule has 0 fully saturated rings. The van der Waals surface area contributed by atoms with Crippen molar-refractivity contribution in [2.45, 2.75) is 27.7 Å². The van der Waals surface area contributed by atoms with E-state index in [9.17, 15) is 9.59 Å². The largest absolute Gasteiger partial charge is 0.493 e. The molecule has 1 heterocycles. The van der Waals surface area contributed by atoms with Crippen LogP contribution in [-0.4, -0.2) is 18.4 Å². The number of benzene rings is 3. The molecule has 0 aliphatic carbocycles. The maximum atomic E-state index is 12.7. The zero-order valence-corrected chi connectivity index (χ0v) is 20.3. The lowest BCUT2D eigenvalue weighted by Gasteiger charge is -2.12. The van der Waals surface area contributed by atoms with Gasteiger partial charge in [0, 0.05) is 39.9 Å². The zero-order valence-electron chi connectivity index (χ0n) is 20.3. The highest BCUT2D eigenvalue weighted by molar-refractivity contribution is 6.05. The van der Waals surface area contributed by atoms with E-state index < -0.39 is 5.91 Å². The first-order valence-corrected chi connectivity index (χ1v) is 11.4. The quantitative estimate of drug-likeness (QED) is 0.313. The van der Waals surface area contributed by atoms with Crippen molar-refractivity contribution in [2.75, 3.05) is 11.9 Å². The van der Waals surface area contributed by atoms with E-state index in [1.165, 1.54) is 11.6 Å². The molecule has 3 N–H and O–H groups in total. The summed E-state index contributed by atoms with van der Waals surface area (Å²) in [6.45, 7) is 8.42. The molecule has 0 aliphatic heterocycles. The molecule has 35 heavy (non-hydrogen) atoms. The lowest BCUT2D eigenvalue weighted by atomic mass is 9.96. The van der Waals surface area contributed by atoms with Crippen LogP contribution in [0.3, 0.4) is 0 Å². The molecule has 0 radical (unpaired) electrons. The van der Waals surface area contributed by atoms with Gasteiger partial charge in [-0.05, 0) is 74.7 Å². The summed E-state index contributed by atoms with van der Waals surface area (Å²) in [4.78, 5) is 24.0. The summed E-state index contributed by atoms with van der Waals surface area (Å²) < 4.78 is 11.8. The molecule has 0 saturated carbocycles. The minimum Gasteiger partial charge on any atom is -0.493 e. The Labute approximate surface area is 204 Å². The monoisotopic (exact) mass is 468 g/mol. The number of hydrogen-bond donors (Lipinski definition) is 2. The molecule has 0 unspecified atom stereocenters. The van der Waals surface area contributed by atoms with Gasteiger partial charge in [-0.15, -0.1) is 0 Å². The normalized spacial score (nSPS) is 11.5. The number of allylic oxidation sites excluding steroid dienone is 1. The fourth-order valence-electron chi connectivity index (χ4n) is 4.13. The van der Waals surface area contributed by atoms with Gasteiger partial charge in [0.15, 0.2) is 0 Å². The van der Waals surface area contributed by atoms with Crippen molar-refractivity contribution < 1.29 is 18.7 Å². The van der Waals surface area contributed by atoms with E-state index in [1.54, 1.807) is 30.5 Å². The molecule has 6 heteroatoms. The molecule has 4 aromatic rings. The summed E-state index contributed by atoms with van der Waals surface area (Å²) in [6, 6.07) is 16.6. The molecule has 0 saturated heterocycles. The van der Waals surface area contributed by atoms with E-state index in [4.69, 9.17) is 14.9 Å². The van der Waals surface area contributed by atoms with Crippen molar-refractivity contribution in [1.82, 2.24) is 0 Å². The number of carbonyl (C=O) groups is 2. The predicted molar refractivity (Wildman–Crippen MR) is 140 cm³/mol. The van der Waals surface area contributed by atoms with Gasteiger partial charge in [-0.25, -0.2) is 0 Å². The summed E-state index contributed by atoms with van der Waals surface area (Å²) in [7, 11) is 0. The average molecular weight is 469 g/mol. The topological polar surface area (TPSA) is 94.6 Å². The van der Waals surface area contributed by atoms with Crippen LogP contribution in [0.1, 0.15) is 40.9 Å². The third-order valence-electron chi connectivity index (χ3n) is 5.86. The van der Waals surface area contributed by atoms with Crippen LogP contribution in [0.5, 0.6) is 5.75 Å². The van der Waals surface area contributed by atoms with E-state index in [-0.39, 0.29) is 5.91 Å². The number of carbonyl (C=O) groups excluding carboxylic acids is 2. The van der Waals surface area contributed by atoms with E-state index in [0.29, 0.717) is 23.6 Å². The van der Waals surface area contributed by atoms with Crippen LogP contribution in [0.2, 0.25) is 0 Å². The van der Waals surface area contributed by atoms with Crippen LogP contribution in [0.4, 0.5) is 5.69 Å². The fraction of sp³-hybridized carbons (Fsp3) is 0.172. The van der Waals surface area contributed by atoms with Gasteiger partial charge >= 0.3 is 0 Å². The molecule has 178 valence electrons. The van der Waals surface area contributed by atoms with E-state index in [1.807, 2.05) is 26.0 Å². The van der Waals surface area contributed by atoms with Gasteiger partial charge in [-0.3, -0.25) is 9.59 Å². The first-order valence-electron chi connectivity index (χ1n) is 11.4. The summed E-state index contributed by atoms with van der Waals surface area (Å²) >= 11 is 0. The molecule has 1 aromatic heterocycles. The molecule has 0 atom stereocenters.